The predicted molar refractivity (Wildman–Crippen MR) is 80.6 cm³/mol. The van der Waals surface area contributed by atoms with Crippen LogP contribution in [0.5, 0.6) is 0 Å². The molecule has 0 aromatic carbocycles. The van der Waals surface area contributed by atoms with Crippen LogP contribution in [0, 0.1) is 0 Å². The fourth-order valence-electron chi connectivity index (χ4n) is 2.53. The van der Waals surface area contributed by atoms with Gasteiger partial charge in [0.1, 0.15) is 0 Å². The molecule has 3 nitrogen and oxygen atoms in total. The van der Waals surface area contributed by atoms with Crippen LogP contribution in [0.3, 0.4) is 0 Å². The third-order valence-electron chi connectivity index (χ3n) is 3.94. The van der Waals surface area contributed by atoms with Gasteiger partial charge in [-0.05, 0) is 12.8 Å². The number of hydroxylamine groups is 2. The molecule has 0 fully saturated rings. The molecule has 0 spiro atoms. The second-order valence-corrected chi connectivity index (χ2v) is 5.71. The smallest absolute Gasteiger partial charge is 0.0621 e. The van der Waals surface area contributed by atoms with Crippen LogP contribution >= 0.6 is 0 Å². The average molecular weight is 273 g/mol. The second-order valence-electron chi connectivity index (χ2n) is 5.71. The molecule has 0 aliphatic rings. The van der Waals surface area contributed by atoms with Gasteiger partial charge in [0.05, 0.1) is 6.04 Å². The van der Waals surface area contributed by atoms with Gasteiger partial charge in [0, 0.05) is 0 Å². The molecule has 0 aliphatic carbocycles. The van der Waals surface area contributed by atoms with Crippen molar-refractivity contribution in [2.75, 3.05) is 0 Å². The van der Waals surface area contributed by atoms with Gasteiger partial charge in [0.2, 0.25) is 0 Å². The van der Waals surface area contributed by atoms with Gasteiger partial charge in [-0.2, -0.15) is 0 Å². The van der Waals surface area contributed by atoms with Crippen LogP contribution in [0.4, 0.5) is 0 Å². The predicted octanol–water partition coefficient (Wildman–Crippen LogP) is 5.55. The Hall–Kier alpha value is -0.120. The molecule has 3 heteroatoms. The van der Waals surface area contributed by atoms with E-state index in [4.69, 9.17) is 10.4 Å². The fourth-order valence-corrected chi connectivity index (χ4v) is 2.53. The van der Waals surface area contributed by atoms with Crippen LogP contribution in [0.1, 0.15) is 97.3 Å². The number of unbranched alkanes of at least 4 members (excludes halogenated alkanes) is 10. The van der Waals surface area contributed by atoms with Gasteiger partial charge in [0.15, 0.2) is 0 Å². The molecular weight excluding hydrogens is 238 g/mol. The molecule has 0 radical (unpaired) electrons. The lowest BCUT2D eigenvalue weighted by molar-refractivity contribution is -0.333. The minimum absolute atomic E-state index is 0.0847. The molecule has 0 heterocycles. The average Bonchev–Trinajstić information content (AvgIpc) is 2.40. The summed E-state index contributed by atoms with van der Waals surface area (Å²) < 4.78 is 0. The molecular formula is C16H35NO2. The van der Waals surface area contributed by atoms with Gasteiger partial charge in [-0.3, -0.25) is 10.4 Å². The Bertz CT molecular complexity index is 174. The van der Waals surface area contributed by atoms with Crippen molar-refractivity contribution in [2.45, 2.75) is 103 Å². The topological polar surface area (TPSA) is 43.7 Å². The minimum Gasteiger partial charge on any atom is -0.289 e. The fraction of sp³-hybridized carbons (Fsp3) is 1.00. The molecule has 0 saturated carbocycles. The minimum atomic E-state index is -0.0847. The lowest BCUT2D eigenvalue weighted by Gasteiger charge is -2.18. The van der Waals surface area contributed by atoms with E-state index in [-0.39, 0.29) is 6.04 Å². The van der Waals surface area contributed by atoms with Gasteiger partial charge < -0.3 is 0 Å². The van der Waals surface area contributed by atoms with Crippen molar-refractivity contribution < 1.29 is 10.4 Å². The number of rotatable bonds is 14. The van der Waals surface area contributed by atoms with Crippen molar-refractivity contribution in [2.24, 2.45) is 0 Å². The molecule has 0 bridgehead atoms. The van der Waals surface area contributed by atoms with E-state index in [1.165, 1.54) is 64.2 Å². The number of nitrogens with zero attached hydrogens (tertiary/aromatic N) is 1. The maximum atomic E-state index is 8.96. The zero-order valence-electron chi connectivity index (χ0n) is 13.1. The molecule has 19 heavy (non-hydrogen) atoms. The second kappa shape index (κ2) is 14.3. The highest BCUT2D eigenvalue weighted by Crippen LogP contribution is 2.14. The highest BCUT2D eigenvalue weighted by molar-refractivity contribution is 4.58. The largest absolute Gasteiger partial charge is 0.289 e. The van der Waals surface area contributed by atoms with E-state index >= 15 is 0 Å². The summed E-state index contributed by atoms with van der Waals surface area (Å²) in [6.45, 7) is 4.25. The van der Waals surface area contributed by atoms with Crippen molar-refractivity contribution >= 4 is 0 Å². The SMILES string of the molecule is CCCCCCCCCCCCCC(CC)N(O)O. The third kappa shape index (κ3) is 12.6. The van der Waals surface area contributed by atoms with Gasteiger partial charge in [-0.1, -0.05) is 89.7 Å². The molecule has 1 atom stereocenters. The molecule has 0 aromatic heterocycles. The van der Waals surface area contributed by atoms with E-state index in [0.29, 0.717) is 5.23 Å². The van der Waals surface area contributed by atoms with Crippen LogP contribution in [0.2, 0.25) is 0 Å². The van der Waals surface area contributed by atoms with Crippen molar-refractivity contribution in [3.63, 3.8) is 0 Å². The van der Waals surface area contributed by atoms with Crippen molar-refractivity contribution in [1.29, 1.82) is 0 Å². The summed E-state index contributed by atoms with van der Waals surface area (Å²) in [6, 6.07) is -0.0847. The van der Waals surface area contributed by atoms with Crippen LogP contribution in [-0.4, -0.2) is 21.7 Å². The van der Waals surface area contributed by atoms with Crippen molar-refractivity contribution in [1.82, 2.24) is 5.23 Å². The summed E-state index contributed by atoms with van der Waals surface area (Å²) in [7, 11) is 0. The first-order valence-electron chi connectivity index (χ1n) is 8.39. The Kier molecular flexibility index (Phi) is 14.2. The highest BCUT2D eigenvalue weighted by Gasteiger charge is 2.11. The molecule has 0 rings (SSSR count). The van der Waals surface area contributed by atoms with Crippen molar-refractivity contribution in [3.8, 4) is 0 Å². The lowest BCUT2D eigenvalue weighted by Crippen LogP contribution is -2.28. The van der Waals surface area contributed by atoms with E-state index in [2.05, 4.69) is 6.92 Å². The Morgan fingerprint density at radius 3 is 1.47 bits per heavy atom. The van der Waals surface area contributed by atoms with Crippen molar-refractivity contribution in [3.05, 3.63) is 0 Å². The van der Waals surface area contributed by atoms with Crippen LogP contribution in [-0.2, 0) is 0 Å². The molecule has 0 aliphatic heterocycles. The van der Waals surface area contributed by atoms with Crippen LogP contribution in [0.25, 0.3) is 0 Å². The standard InChI is InChI=1S/C16H35NO2/c1-3-5-6-7-8-9-10-11-12-13-14-15-16(4-2)17(18)19/h16,18-19H,3-15H2,1-2H3. The monoisotopic (exact) mass is 273 g/mol. The summed E-state index contributed by atoms with van der Waals surface area (Å²) in [6.07, 6.45) is 16.4. The Labute approximate surface area is 119 Å². The molecule has 116 valence electrons. The van der Waals surface area contributed by atoms with Crippen LogP contribution in [0.15, 0.2) is 0 Å². The Balaban J connectivity index is 3.14. The molecule has 1 unspecified atom stereocenters. The van der Waals surface area contributed by atoms with E-state index < -0.39 is 0 Å². The molecule has 2 N–H and O–H groups in total. The molecule has 0 amide bonds. The Morgan fingerprint density at radius 2 is 1.11 bits per heavy atom. The van der Waals surface area contributed by atoms with Gasteiger partial charge in [-0.25, -0.2) is 0 Å². The Morgan fingerprint density at radius 1 is 0.684 bits per heavy atom. The summed E-state index contributed by atoms with van der Waals surface area (Å²) in [5.74, 6) is 0. The molecule has 0 saturated heterocycles. The van der Waals surface area contributed by atoms with Crippen LogP contribution < -0.4 is 0 Å². The van der Waals surface area contributed by atoms with E-state index in [1.54, 1.807) is 0 Å². The highest BCUT2D eigenvalue weighted by atomic mass is 16.8. The normalized spacial score (nSPS) is 13.1. The first-order chi connectivity index (χ1) is 9.22. The third-order valence-corrected chi connectivity index (χ3v) is 3.94. The maximum absolute atomic E-state index is 8.96. The lowest BCUT2D eigenvalue weighted by atomic mass is 10.0. The van der Waals surface area contributed by atoms with Gasteiger partial charge >= 0.3 is 0 Å². The number of hydrogen-bond donors (Lipinski definition) is 2. The van der Waals surface area contributed by atoms with Gasteiger partial charge in [-0.15, -0.1) is 0 Å². The van der Waals surface area contributed by atoms with E-state index in [9.17, 15) is 0 Å². The summed E-state index contributed by atoms with van der Waals surface area (Å²) in [4.78, 5) is 0. The quantitative estimate of drug-likeness (QED) is 0.322. The van der Waals surface area contributed by atoms with E-state index in [0.717, 1.165) is 19.3 Å². The first kappa shape index (κ1) is 18.9. The first-order valence-corrected chi connectivity index (χ1v) is 8.39. The summed E-state index contributed by atoms with van der Waals surface area (Å²) in [5, 5.41) is 18.3. The summed E-state index contributed by atoms with van der Waals surface area (Å²) in [5.41, 5.74) is 0. The van der Waals surface area contributed by atoms with E-state index in [1.807, 2.05) is 6.92 Å². The summed E-state index contributed by atoms with van der Waals surface area (Å²) >= 11 is 0. The number of hydrogen-bond acceptors (Lipinski definition) is 3. The zero-order valence-corrected chi connectivity index (χ0v) is 13.1. The molecule has 0 aromatic rings. The zero-order chi connectivity index (χ0) is 14.3. The maximum Gasteiger partial charge on any atom is 0.0621 e. The van der Waals surface area contributed by atoms with Gasteiger partial charge in [0.25, 0.3) is 0 Å².